The summed E-state index contributed by atoms with van der Waals surface area (Å²) in [5.74, 6) is 0.582. The van der Waals surface area contributed by atoms with Gasteiger partial charge in [-0.1, -0.05) is 36.4 Å². The molecule has 4 rings (SSSR count). The fourth-order valence-electron chi connectivity index (χ4n) is 3.88. The molecular weight excluding hydrogens is 364 g/mol. The number of nitrogens with one attached hydrogen (secondary N) is 1. The number of hydrogen-bond acceptors (Lipinski definition) is 5. The lowest BCUT2D eigenvalue weighted by Gasteiger charge is -2.38. The third kappa shape index (κ3) is 3.65. The highest BCUT2D eigenvalue weighted by atomic mass is 16.2. The summed E-state index contributed by atoms with van der Waals surface area (Å²) in [7, 11) is 0. The van der Waals surface area contributed by atoms with Gasteiger partial charge in [-0.2, -0.15) is 0 Å². The third-order valence-corrected chi connectivity index (χ3v) is 5.31. The third-order valence-electron chi connectivity index (χ3n) is 5.31. The Hall–Kier alpha value is -3.06. The Bertz CT molecular complexity index is 1020. The maximum atomic E-state index is 12.9. The number of carbonyl (C=O) groups excluding carboxylic acids is 1. The molecule has 1 atom stereocenters. The van der Waals surface area contributed by atoms with Gasteiger partial charge in [0.2, 0.25) is 0 Å². The Kier molecular flexibility index (Phi) is 4.92. The van der Waals surface area contributed by atoms with E-state index in [4.69, 9.17) is 0 Å². The van der Waals surface area contributed by atoms with Gasteiger partial charge in [0, 0.05) is 12.1 Å². The van der Waals surface area contributed by atoms with Gasteiger partial charge < -0.3 is 0 Å². The van der Waals surface area contributed by atoms with Crippen LogP contribution in [-0.2, 0) is 12.0 Å². The fourth-order valence-corrected chi connectivity index (χ4v) is 3.88. The summed E-state index contributed by atoms with van der Waals surface area (Å²) in [4.78, 5) is 12.9. The summed E-state index contributed by atoms with van der Waals surface area (Å²) in [6.45, 7) is 9.01. The lowest BCUT2D eigenvalue weighted by Crippen LogP contribution is -2.49. The van der Waals surface area contributed by atoms with Crippen LogP contribution in [-0.4, -0.2) is 37.7 Å². The van der Waals surface area contributed by atoms with Crippen molar-refractivity contribution in [2.45, 2.75) is 45.7 Å². The molecule has 1 unspecified atom stereocenters. The zero-order valence-electron chi connectivity index (χ0n) is 17.3. The van der Waals surface area contributed by atoms with E-state index in [0.29, 0.717) is 12.1 Å². The van der Waals surface area contributed by atoms with E-state index in [1.807, 2.05) is 40.0 Å². The second kappa shape index (κ2) is 7.40. The zero-order chi connectivity index (χ0) is 20.6. The van der Waals surface area contributed by atoms with Gasteiger partial charge >= 0.3 is 0 Å². The topological polar surface area (TPSA) is 75.9 Å². The molecular formula is C22H26N6O. The van der Waals surface area contributed by atoms with Crippen LogP contribution in [0.2, 0.25) is 0 Å². The lowest BCUT2D eigenvalue weighted by molar-refractivity contribution is 0.0686. The van der Waals surface area contributed by atoms with Crippen LogP contribution in [0.1, 0.15) is 59.7 Å². The van der Waals surface area contributed by atoms with E-state index in [9.17, 15) is 4.79 Å². The first-order valence-corrected chi connectivity index (χ1v) is 9.86. The summed E-state index contributed by atoms with van der Waals surface area (Å²) in [5.41, 5.74) is 7.11. The number of carbonyl (C=O) groups is 1. The standard InChI is InChI=1S/C22H26N6O/c1-15-9-8-12-18-17(15)13-14-27(24-21(29)16-10-6-5-7-11-16)19(18)20-23-25-26-28(20)22(2,3)4/h5-12,19H,13-14H2,1-4H3,(H,24,29). The summed E-state index contributed by atoms with van der Waals surface area (Å²) >= 11 is 0. The molecule has 150 valence electrons. The predicted molar refractivity (Wildman–Crippen MR) is 110 cm³/mol. The molecule has 0 radical (unpaired) electrons. The molecule has 2 aromatic carbocycles. The van der Waals surface area contributed by atoms with Crippen molar-refractivity contribution in [1.82, 2.24) is 30.6 Å². The van der Waals surface area contributed by atoms with Crippen LogP contribution in [0.3, 0.4) is 0 Å². The molecule has 1 aliphatic heterocycles. The van der Waals surface area contributed by atoms with Gasteiger partial charge in [-0.05, 0) is 73.4 Å². The molecule has 1 amide bonds. The number of amides is 1. The Morgan fingerprint density at radius 1 is 1.10 bits per heavy atom. The van der Waals surface area contributed by atoms with E-state index in [1.54, 1.807) is 0 Å². The van der Waals surface area contributed by atoms with Crippen molar-refractivity contribution < 1.29 is 4.79 Å². The minimum atomic E-state index is -0.282. The summed E-state index contributed by atoms with van der Waals surface area (Å²) in [6.07, 6.45) is 0.852. The van der Waals surface area contributed by atoms with Crippen LogP contribution in [0.4, 0.5) is 0 Å². The first-order valence-electron chi connectivity index (χ1n) is 9.86. The number of tetrazole rings is 1. The first-order chi connectivity index (χ1) is 13.9. The van der Waals surface area contributed by atoms with Gasteiger partial charge in [0.05, 0.1) is 5.54 Å². The van der Waals surface area contributed by atoms with Crippen molar-refractivity contribution in [2.75, 3.05) is 6.54 Å². The van der Waals surface area contributed by atoms with Crippen molar-refractivity contribution in [3.05, 3.63) is 76.6 Å². The summed E-state index contributed by atoms with van der Waals surface area (Å²) in [6, 6.07) is 15.3. The molecule has 0 aliphatic carbocycles. The molecule has 0 saturated carbocycles. The number of rotatable bonds is 3. The van der Waals surface area contributed by atoms with Gasteiger partial charge in [0.15, 0.2) is 5.82 Å². The van der Waals surface area contributed by atoms with E-state index in [2.05, 4.69) is 66.8 Å². The number of fused-ring (bicyclic) bond motifs is 1. The van der Waals surface area contributed by atoms with Crippen LogP contribution in [0.15, 0.2) is 48.5 Å². The molecule has 3 aromatic rings. The van der Waals surface area contributed by atoms with Crippen LogP contribution in [0.25, 0.3) is 0 Å². The number of benzene rings is 2. The van der Waals surface area contributed by atoms with E-state index in [1.165, 1.54) is 11.1 Å². The van der Waals surface area contributed by atoms with Crippen molar-refractivity contribution in [3.8, 4) is 0 Å². The molecule has 0 saturated heterocycles. The van der Waals surface area contributed by atoms with E-state index in [-0.39, 0.29) is 17.5 Å². The van der Waals surface area contributed by atoms with Crippen molar-refractivity contribution in [1.29, 1.82) is 0 Å². The minimum Gasteiger partial charge on any atom is -0.284 e. The smallest absolute Gasteiger partial charge is 0.265 e. The highest BCUT2D eigenvalue weighted by Gasteiger charge is 2.36. The van der Waals surface area contributed by atoms with Crippen LogP contribution in [0, 0.1) is 6.92 Å². The summed E-state index contributed by atoms with van der Waals surface area (Å²) in [5, 5.41) is 14.5. The minimum absolute atomic E-state index is 0.138. The molecule has 1 aromatic heterocycles. The molecule has 29 heavy (non-hydrogen) atoms. The normalized spacial score (nSPS) is 17.0. The van der Waals surface area contributed by atoms with Crippen LogP contribution in [0.5, 0.6) is 0 Å². The largest absolute Gasteiger partial charge is 0.284 e. The zero-order valence-corrected chi connectivity index (χ0v) is 17.3. The Morgan fingerprint density at radius 2 is 1.86 bits per heavy atom. The van der Waals surface area contributed by atoms with Crippen LogP contribution >= 0.6 is 0 Å². The molecule has 0 spiro atoms. The fraction of sp³-hybridized carbons (Fsp3) is 0.364. The maximum Gasteiger partial charge on any atom is 0.265 e. The van der Waals surface area contributed by atoms with E-state index < -0.39 is 0 Å². The number of aryl methyl sites for hydroxylation is 1. The first kappa shape index (κ1) is 19.3. The van der Waals surface area contributed by atoms with Crippen molar-refractivity contribution in [2.24, 2.45) is 0 Å². The quantitative estimate of drug-likeness (QED) is 0.744. The van der Waals surface area contributed by atoms with Gasteiger partial charge in [0.25, 0.3) is 5.91 Å². The highest BCUT2D eigenvalue weighted by Crippen LogP contribution is 2.35. The molecule has 7 nitrogen and oxygen atoms in total. The lowest BCUT2D eigenvalue weighted by atomic mass is 9.89. The molecule has 1 aliphatic rings. The molecule has 1 N–H and O–H groups in total. The molecule has 2 heterocycles. The predicted octanol–water partition coefficient (Wildman–Crippen LogP) is 3.03. The number of aromatic nitrogens is 4. The number of nitrogens with zero attached hydrogens (tertiary/aromatic N) is 5. The second-order valence-corrected chi connectivity index (χ2v) is 8.42. The maximum absolute atomic E-state index is 12.9. The Labute approximate surface area is 170 Å². The summed E-state index contributed by atoms with van der Waals surface area (Å²) < 4.78 is 1.84. The molecule has 0 fully saturated rings. The van der Waals surface area contributed by atoms with Crippen molar-refractivity contribution >= 4 is 5.91 Å². The number of hydrogen-bond donors (Lipinski definition) is 1. The van der Waals surface area contributed by atoms with E-state index >= 15 is 0 Å². The van der Waals surface area contributed by atoms with Crippen LogP contribution < -0.4 is 5.43 Å². The average Bonchev–Trinajstić information content (AvgIpc) is 3.18. The van der Waals surface area contributed by atoms with Gasteiger partial charge in [0.1, 0.15) is 6.04 Å². The monoisotopic (exact) mass is 390 g/mol. The van der Waals surface area contributed by atoms with E-state index in [0.717, 1.165) is 17.8 Å². The number of hydrazine groups is 1. The van der Waals surface area contributed by atoms with Gasteiger partial charge in [-0.15, -0.1) is 5.10 Å². The van der Waals surface area contributed by atoms with Crippen molar-refractivity contribution in [3.63, 3.8) is 0 Å². The average molecular weight is 390 g/mol. The molecule has 0 bridgehead atoms. The molecule has 7 heteroatoms. The van der Waals surface area contributed by atoms with Gasteiger partial charge in [-0.3, -0.25) is 10.2 Å². The Morgan fingerprint density at radius 3 is 2.59 bits per heavy atom. The second-order valence-electron chi connectivity index (χ2n) is 8.42. The SMILES string of the molecule is Cc1cccc2c1CCN(NC(=O)c1ccccc1)C2c1nnnn1C(C)(C)C. The highest BCUT2D eigenvalue weighted by molar-refractivity contribution is 5.93. The van der Waals surface area contributed by atoms with Gasteiger partial charge in [-0.25, -0.2) is 9.69 Å². The Balaban J connectivity index is 1.77.